The first-order valence-corrected chi connectivity index (χ1v) is 8.50. The summed E-state index contributed by atoms with van der Waals surface area (Å²) >= 11 is 1.62. The molecule has 0 aliphatic carbocycles. The summed E-state index contributed by atoms with van der Waals surface area (Å²) in [7, 11) is 0. The zero-order chi connectivity index (χ0) is 16.5. The highest BCUT2D eigenvalue weighted by molar-refractivity contribution is 7.99. The molecule has 0 bridgehead atoms. The third kappa shape index (κ3) is 3.13. The Morgan fingerprint density at radius 1 is 1.33 bits per heavy atom. The second-order valence-corrected chi connectivity index (χ2v) is 6.90. The summed E-state index contributed by atoms with van der Waals surface area (Å²) in [5, 5.41) is 13.1. The highest BCUT2D eigenvalue weighted by Gasteiger charge is 2.20. The molecular formula is C17H16N4O2S. The third-order valence-corrected chi connectivity index (χ3v) is 5.09. The van der Waals surface area contributed by atoms with Crippen molar-refractivity contribution in [3.05, 3.63) is 47.8 Å². The molecule has 0 saturated carbocycles. The van der Waals surface area contributed by atoms with Gasteiger partial charge < -0.3 is 10.4 Å². The molecule has 0 unspecified atom stereocenters. The van der Waals surface area contributed by atoms with E-state index < -0.39 is 5.97 Å². The van der Waals surface area contributed by atoms with Crippen molar-refractivity contribution >= 4 is 29.2 Å². The number of nitrogens with zero attached hydrogens (tertiary/aromatic N) is 3. The van der Waals surface area contributed by atoms with Crippen LogP contribution in [0.2, 0.25) is 0 Å². The Hall–Kier alpha value is -2.38. The summed E-state index contributed by atoms with van der Waals surface area (Å²) in [4.78, 5) is 22.8. The minimum absolute atomic E-state index is 0.133. The summed E-state index contributed by atoms with van der Waals surface area (Å²) < 4.78 is 0. The lowest BCUT2D eigenvalue weighted by molar-refractivity contribution is -0.136. The van der Waals surface area contributed by atoms with Crippen LogP contribution in [0.3, 0.4) is 0 Å². The molecule has 0 spiro atoms. The van der Waals surface area contributed by atoms with Gasteiger partial charge in [-0.3, -0.25) is 9.69 Å². The second-order valence-electron chi connectivity index (χ2n) is 5.87. The number of carboxylic acid groups (broad SMARTS) is 1. The van der Waals surface area contributed by atoms with E-state index in [4.69, 9.17) is 5.11 Å². The van der Waals surface area contributed by atoms with E-state index in [-0.39, 0.29) is 6.42 Å². The van der Waals surface area contributed by atoms with Gasteiger partial charge in [0.25, 0.3) is 0 Å². The molecule has 122 valence electrons. The van der Waals surface area contributed by atoms with Crippen LogP contribution in [0.25, 0.3) is 0 Å². The molecule has 4 rings (SSSR count). The zero-order valence-electron chi connectivity index (χ0n) is 12.9. The van der Waals surface area contributed by atoms with Crippen LogP contribution in [-0.4, -0.2) is 39.0 Å². The second kappa shape index (κ2) is 6.26. The van der Waals surface area contributed by atoms with E-state index in [2.05, 4.69) is 38.4 Å². The predicted molar refractivity (Wildman–Crippen MR) is 91.5 cm³/mol. The molecule has 0 atom stereocenters. The van der Waals surface area contributed by atoms with Crippen molar-refractivity contribution in [2.24, 2.45) is 0 Å². The highest BCUT2D eigenvalue weighted by Crippen LogP contribution is 2.42. The molecule has 0 radical (unpaired) electrons. The van der Waals surface area contributed by atoms with Gasteiger partial charge in [0.05, 0.1) is 12.1 Å². The van der Waals surface area contributed by atoms with Crippen LogP contribution in [0, 0.1) is 0 Å². The van der Waals surface area contributed by atoms with Gasteiger partial charge in [0.2, 0.25) is 0 Å². The van der Waals surface area contributed by atoms with E-state index >= 15 is 0 Å². The highest BCUT2D eigenvalue weighted by atomic mass is 32.2. The van der Waals surface area contributed by atoms with Crippen LogP contribution < -0.4 is 5.32 Å². The van der Waals surface area contributed by atoms with Gasteiger partial charge >= 0.3 is 5.97 Å². The lowest BCUT2D eigenvalue weighted by Gasteiger charge is -2.21. The molecule has 6 nitrogen and oxygen atoms in total. The standard InChI is InChI=1S/C17H16N4O2S/c22-15(23)8-12-3-6-21(10-12)9-11-1-2-14-13(7-11)20-16-17(24-14)19-5-4-18-16/h1-5,7H,6,8-10H2,(H,18,20)(H,22,23). The predicted octanol–water partition coefficient (Wildman–Crippen LogP) is 2.90. The van der Waals surface area contributed by atoms with Gasteiger partial charge in [-0.1, -0.05) is 23.9 Å². The number of nitrogens with one attached hydrogen (secondary N) is 1. The molecule has 0 amide bonds. The van der Waals surface area contributed by atoms with Gasteiger partial charge in [-0.2, -0.15) is 0 Å². The Morgan fingerprint density at radius 3 is 3.08 bits per heavy atom. The van der Waals surface area contributed by atoms with Crippen LogP contribution in [0.4, 0.5) is 11.5 Å². The Morgan fingerprint density at radius 2 is 2.21 bits per heavy atom. The van der Waals surface area contributed by atoms with Crippen molar-refractivity contribution in [2.75, 3.05) is 18.4 Å². The van der Waals surface area contributed by atoms with E-state index in [9.17, 15) is 4.79 Å². The molecule has 1 aromatic carbocycles. The van der Waals surface area contributed by atoms with Crippen molar-refractivity contribution < 1.29 is 9.90 Å². The van der Waals surface area contributed by atoms with Crippen LogP contribution in [0.15, 0.2) is 52.2 Å². The first-order valence-electron chi connectivity index (χ1n) is 7.68. The van der Waals surface area contributed by atoms with E-state index in [0.29, 0.717) is 0 Å². The Bertz CT molecular complexity index is 837. The van der Waals surface area contributed by atoms with Crippen molar-refractivity contribution in [1.82, 2.24) is 14.9 Å². The van der Waals surface area contributed by atoms with E-state index in [0.717, 1.165) is 46.6 Å². The lowest BCUT2D eigenvalue weighted by Crippen LogP contribution is -2.21. The van der Waals surface area contributed by atoms with Crippen LogP contribution in [0.5, 0.6) is 0 Å². The number of anilines is 2. The molecule has 7 heteroatoms. The van der Waals surface area contributed by atoms with Gasteiger partial charge in [0.15, 0.2) is 5.82 Å². The smallest absolute Gasteiger partial charge is 0.307 e. The molecule has 2 aromatic rings. The fraction of sp³-hybridized carbons (Fsp3) is 0.235. The van der Waals surface area contributed by atoms with E-state index in [1.54, 1.807) is 24.2 Å². The largest absolute Gasteiger partial charge is 0.481 e. The summed E-state index contributed by atoms with van der Waals surface area (Å²) in [5.41, 5.74) is 3.22. The average molecular weight is 340 g/mol. The van der Waals surface area contributed by atoms with Crippen molar-refractivity contribution in [3.8, 4) is 0 Å². The molecule has 2 N–H and O–H groups in total. The van der Waals surface area contributed by atoms with Crippen molar-refractivity contribution in [1.29, 1.82) is 0 Å². The number of carboxylic acids is 1. The van der Waals surface area contributed by atoms with Gasteiger partial charge in [-0.05, 0) is 23.3 Å². The molecule has 2 aliphatic rings. The first-order chi connectivity index (χ1) is 11.7. The fourth-order valence-corrected chi connectivity index (χ4v) is 3.83. The number of fused-ring (bicyclic) bond motifs is 2. The molecule has 0 saturated heterocycles. The molecule has 2 aliphatic heterocycles. The fourth-order valence-electron chi connectivity index (χ4n) is 2.96. The Labute approximate surface area is 143 Å². The number of aliphatic carboxylic acids is 1. The molecule has 0 fully saturated rings. The summed E-state index contributed by atoms with van der Waals surface area (Å²) in [6.07, 6.45) is 5.53. The van der Waals surface area contributed by atoms with E-state index in [1.165, 1.54) is 5.56 Å². The minimum atomic E-state index is -0.766. The van der Waals surface area contributed by atoms with Crippen molar-refractivity contribution in [2.45, 2.75) is 22.9 Å². The Balaban J connectivity index is 1.45. The maximum absolute atomic E-state index is 10.8. The lowest BCUT2D eigenvalue weighted by atomic mass is 10.1. The molecule has 1 aromatic heterocycles. The molecule has 3 heterocycles. The minimum Gasteiger partial charge on any atom is -0.481 e. The summed E-state index contributed by atoms with van der Waals surface area (Å²) in [6.45, 7) is 2.32. The van der Waals surface area contributed by atoms with Gasteiger partial charge in [-0.15, -0.1) is 0 Å². The quantitative estimate of drug-likeness (QED) is 0.707. The van der Waals surface area contributed by atoms with Crippen LogP contribution in [0.1, 0.15) is 12.0 Å². The normalized spacial score (nSPS) is 16.1. The van der Waals surface area contributed by atoms with Crippen LogP contribution >= 0.6 is 11.8 Å². The monoisotopic (exact) mass is 340 g/mol. The van der Waals surface area contributed by atoms with Gasteiger partial charge in [-0.25, -0.2) is 9.97 Å². The van der Waals surface area contributed by atoms with Crippen molar-refractivity contribution in [3.63, 3.8) is 0 Å². The SMILES string of the molecule is O=C(O)CC1=CCN(Cc2ccc3c(c2)Nc2nccnc2S3)C1. The number of rotatable bonds is 4. The topological polar surface area (TPSA) is 78.4 Å². The van der Waals surface area contributed by atoms with Crippen LogP contribution in [-0.2, 0) is 11.3 Å². The van der Waals surface area contributed by atoms with E-state index in [1.807, 2.05) is 6.08 Å². The number of carbonyl (C=O) groups is 1. The first kappa shape index (κ1) is 15.2. The number of hydrogen-bond donors (Lipinski definition) is 2. The maximum atomic E-state index is 10.8. The Kier molecular flexibility index (Phi) is 3.95. The maximum Gasteiger partial charge on any atom is 0.307 e. The third-order valence-electron chi connectivity index (χ3n) is 4.02. The number of aromatic nitrogens is 2. The number of benzene rings is 1. The average Bonchev–Trinajstić information content (AvgIpc) is 2.99. The zero-order valence-corrected chi connectivity index (χ0v) is 13.7. The molecule has 24 heavy (non-hydrogen) atoms. The summed E-state index contributed by atoms with van der Waals surface area (Å²) in [5.74, 6) is 0.0246. The van der Waals surface area contributed by atoms with Gasteiger partial charge in [0, 0.05) is 36.9 Å². The molecular weight excluding hydrogens is 324 g/mol. The number of hydrogen-bond acceptors (Lipinski definition) is 6. The summed E-state index contributed by atoms with van der Waals surface area (Å²) in [6, 6.07) is 6.35. The van der Waals surface area contributed by atoms with Gasteiger partial charge in [0.1, 0.15) is 5.03 Å².